The predicted molar refractivity (Wildman–Crippen MR) is 90.6 cm³/mol. The second kappa shape index (κ2) is 7.63. The van der Waals surface area contributed by atoms with Gasteiger partial charge in [-0.2, -0.15) is 0 Å². The standard InChI is InChI=1S/C17H20N4O3/c1-23-14-5-4-6-15(9-14)24-12-16(22)20-13-10-18-17(19-11-13)21-7-2-3-8-21/h4-6,9-11H,2-3,7-8,12H2,1H3,(H,20,22). The van der Waals surface area contributed by atoms with Crippen LogP contribution in [0.25, 0.3) is 0 Å². The number of methoxy groups -OCH3 is 1. The molecule has 0 bridgehead atoms. The summed E-state index contributed by atoms with van der Waals surface area (Å²) < 4.78 is 10.6. The summed E-state index contributed by atoms with van der Waals surface area (Å²) in [5.74, 6) is 1.69. The Morgan fingerprint density at radius 2 is 1.92 bits per heavy atom. The quantitative estimate of drug-likeness (QED) is 0.875. The number of carbonyl (C=O) groups excluding carboxylic acids is 1. The van der Waals surface area contributed by atoms with Gasteiger partial charge in [-0.15, -0.1) is 0 Å². The lowest BCUT2D eigenvalue weighted by Crippen LogP contribution is -2.22. The van der Waals surface area contributed by atoms with Gasteiger partial charge in [0.2, 0.25) is 5.95 Å². The van der Waals surface area contributed by atoms with Crippen molar-refractivity contribution in [1.82, 2.24) is 9.97 Å². The number of hydrogen-bond acceptors (Lipinski definition) is 6. The molecule has 126 valence electrons. The van der Waals surface area contributed by atoms with Crippen molar-refractivity contribution in [1.29, 1.82) is 0 Å². The molecule has 7 heteroatoms. The summed E-state index contributed by atoms with van der Waals surface area (Å²) in [6.07, 6.45) is 5.57. The topological polar surface area (TPSA) is 76.6 Å². The highest BCUT2D eigenvalue weighted by molar-refractivity contribution is 5.91. The normalized spacial score (nSPS) is 13.6. The van der Waals surface area contributed by atoms with E-state index < -0.39 is 0 Å². The Morgan fingerprint density at radius 3 is 2.62 bits per heavy atom. The monoisotopic (exact) mass is 328 g/mol. The van der Waals surface area contributed by atoms with Crippen molar-refractivity contribution < 1.29 is 14.3 Å². The summed E-state index contributed by atoms with van der Waals surface area (Å²) in [5.41, 5.74) is 0.553. The number of nitrogens with one attached hydrogen (secondary N) is 1. The van der Waals surface area contributed by atoms with Gasteiger partial charge in [0, 0.05) is 19.2 Å². The van der Waals surface area contributed by atoms with Crippen molar-refractivity contribution in [3.8, 4) is 11.5 Å². The highest BCUT2D eigenvalue weighted by atomic mass is 16.5. The van der Waals surface area contributed by atoms with E-state index in [1.54, 1.807) is 37.7 Å². The molecule has 2 heterocycles. The number of amides is 1. The van der Waals surface area contributed by atoms with E-state index in [9.17, 15) is 4.79 Å². The molecule has 0 unspecified atom stereocenters. The Labute approximate surface area is 140 Å². The van der Waals surface area contributed by atoms with Crippen molar-refractivity contribution in [3.63, 3.8) is 0 Å². The summed E-state index contributed by atoms with van der Waals surface area (Å²) in [6, 6.07) is 7.11. The van der Waals surface area contributed by atoms with Gasteiger partial charge in [0.15, 0.2) is 6.61 Å². The molecule has 1 saturated heterocycles. The Balaban J connectivity index is 1.50. The number of benzene rings is 1. The highest BCUT2D eigenvalue weighted by Gasteiger charge is 2.14. The minimum atomic E-state index is -0.268. The van der Waals surface area contributed by atoms with E-state index in [0.29, 0.717) is 23.1 Å². The first-order valence-electron chi connectivity index (χ1n) is 7.88. The molecular weight excluding hydrogens is 308 g/mol. The van der Waals surface area contributed by atoms with Gasteiger partial charge in [-0.05, 0) is 25.0 Å². The van der Waals surface area contributed by atoms with Gasteiger partial charge in [0.25, 0.3) is 5.91 Å². The van der Waals surface area contributed by atoms with Crippen molar-refractivity contribution in [2.45, 2.75) is 12.8 Å². The van der Waals surface area contributed by atoms with Crippen molar-refractivity contribution in [2.24, 2.45) is 0 Å². The fourth-order valence-corrected chi connectivity index (χ4v) is 2.50. The molecule has 1 aromatic heterocycles. The Hall–Kier alpha value is -2.83. The third-order valence-electron chi connectivity index (χ3n) is 3.72. The van der Waals surface area contributed by atoms with E-state index in [2.05, 4.69) is 20.2 Å². The van der Waals surface area contributed by atoms with Gasteiger partial charge in [-0.25, -0.2) is 9.97 Å². The molecule has 24 heavy (non-hydrogen) atoms. The van der Waals surface area contributed by atoms with E-state index in [1.165, 1.54) is 12.8 Å². The number of rotatable bonds is 6. The molecule has 1 aromatic carbocycles. The fraction of sp³-hybridized carbons (Fsp3) is 0.353. The van der Waals surface area contributed by atoms with Crippen molar-refractivity contribution >= 4 is 17.5 Å². The molecule has 2 aromatic rings. The third-order valence-corrected chi connectivity index (χ3v) is 3.72. The number of aromatic nitrogens is 2. The SMILES string of the molecule is COc1cccc(OCC(=O)Nc2cnc(N3CCCC3)nc2)c1. The van der Waals surface area contributed by atoms with Gasteiger partial charge in [-0.3, -0.25) is 4.79 Å². The first-order chi connectivity index (χ1) is 11.7. The smallest absolute Gasteiger partial charge is 0.262 e. The maximum atomic E-state index is 11.9. The number of anilines is 2. The van der Waals surface area contributed by atoms with Crippen LogP contribution in [-0.4, -0.2) is 42.7 Å². The average Bonchev–Trinajstić information content (AvgIpc) is 3.15. The second-order valence-electron chi connectivity index (χ2n) is 5.48. The summed E-state index contributed by atoms with van der Waals surface area (Å²) in [4.78, 5) is 22.7. The molecule has 7 nitrogen and oxygen atoms in total. The Bertz CT molecular complexity index is 684. The van der Waals surface area contributed by atoms with Crippen LogP contribution in [-0.2, 0) is 4.79 Å². The molecule has 1 fully saturated rings. The van der Waals surface area contributed by atoms with E-state index in [4.69, 9.17) is 9.47 Å². The van der Waals surface area contributed by atoms with Crippen LogP contribution in [0.3, 0.4) is 0 Å². The largest absolute Gasteiger partial charge is 0.497 e. The third kappa shape index (κ3) is 4.13. The summed E-state index contributed by atoms with van der Waals surface area (Å²) in [6.45, 7) is 1.88. The molecule has 1 aliphatic heterocycles. The van der Waals surface area contributed by atoms with E-state index >= 15 is 0 Å². The zero-order valence-corrected chi connectivity index (χ0v) is 13.6. The zero-order chi connectivity index (χ0) is 16.8. The first-order valence-corrected chi connectivity index (χ1v) is 7.88. The molecule has 1 amide bonds. The van der Waals surface area contributed by atoms with Crippen molar-refractivity contribution in [3.05, 3.63) is 36.7 Å². The van der Waals surface area contributed by atoms with E-state index in [0.717, 1.165) is 13.1 Å². The number of ether oxygens (including phenoxy) is 2. The molecule has 3 rings (SSSR count). The number of nitrogens with zero attached hydrogens (tertiary/aromatic N) is 3. The molecule has 0 aliphatic carbocycles. The molecule has 0 spiro atoms. The summed E-state index contributed by atoms with van der Waals surface area (Å²) in [5, 5.41) is 2.72. The zero-order valence-electron chi connectivity index (χ0n) is 13.6. The molecule has 0 atom stereocenters. The Morgan fingerprint density at radius 1 is 1.21 bits per heavy atom. The minimum absolute atomic E-state index is 0.0962. The van der Waals surface area contributed by atoms with Crippen LogP contribution >= 0.6 is 0 Å². The van der Waals surface area contributed by atoms with Crippen LogP contribution in [0.5, 0.6) is 11.5 Å². The highest BCUT2D eigenvalue weighted by Crippen LogP contribution is 2.19. The van der Waals surface area contributed by atoms with E-state index in [1.807, 2.05) is 6.07 Å². The first kappa shape index (κ1) is 16.0. The van der Waals surface area contributed by atoms with Gasteiger partial charge in [-0.1, -0.05) is 6.07 Å². The van der Waals surface area contributed by atoms with Crippen LogP contribution in [0.2, 0.25) is 0 Å². The molecule has 1 N–H and O–H groups in total. The van der Waals surface area contributed by atoms with Crippen LogP contribution in [0, 0.1) is 0 Å². The molecule has 0 radical (unpaired) electrons. The average molecular weight is 328 g/mol. The molecule has 0 saturated carbocycles. The van der Waals surface area contributed by atoms with Crippen LogP contribution in [0.15, 0.2) is 36.7 Å². The van der Waals surface area contributed by atoms with Gasteiger partial charge < -0.3 is 19.7 Å². The van der Waals surface area contributed by atoms with E-state index in [-0.39, 0.29) is 12.5 Å². The fourth-order valence-electron chi connectivity index (χ4n) is 2.50. The number of carbonyl (C=O) groups is 1. The predicted octanol–water partition coefficient (Wildman–Crippen LogP) is 2.10. The lowest BCUT2D eigenvalue weighted by atomic mass is 10.3. The lowest BCUT2D eigenvalue weighted by Gasteiger charge is -2.14. The lowest BCUT2D eigenvalue weighted by molar-refractivity contribution is -0.118. The van der Waals surface area contributed by atoms with Crippen LogP contribution < -0.4 is 19.7 Å². The number of hydrogen-bond donors (Lipinski definition) is 1. The van der Waals surface area contributed by atoms with Crippen molar-refractivity contribution in [2.75, 3.05) is 37.0 Å². The maximum absolute atomic E-state index is 11.9. The second-order valence-corrected chi connectivity index (χ2v) is 5.48. The maximum Gasteiger partial charge on any atom is 0.262 e. The van der Waals surface area contributed by atoms with Gasteiger partial charge in [0.05, 0.1) is 25.2 Å². The van der Waals surface area contributed by atoms with Crippen LogP contribution in [0.1, 0.15) is 12.8 Å². The molecule has 1 aliphatic rings. The van der Waals surface area contributed by atoms with Crippen LogP contribution in [0.4, 0.5) is 11.6 Å². The summed E-state index contributed by atoms with van der Waals surface area (Å²) >= 11 is 0. The van der Waals surface area contributed by atoms with Gasteiger partial charge in [0.1, 0.15) is 11.5 Å². The molecular formula is C17H20N4O3. The Kier molecular flexibility index (Phi) is 5.10. The minimum Gasteiger partial charge on any atom is -0.497 e. The summed E-state index contributed by atoms with van der Waals surface area (Å²) in [7, 11) is 1.58. The van der Waals surface area contributed by atoms with Gasteiger partial charge >= 0.3 is 0 Å².